The van der Waals surface area contributed by atoms with Crippen molar-refractivity contribution in [1.82, 2.24) is 5.43 Å². The fraction of sp³-hybridized carbons (Fsp3) is 0.588. The molecule has 1 aliphatic carbocycles. The number of nitrogens with one attached hydrogen (secondary N) is 1. The summed E-state index contributed by atoms with van der Waals surface area (Å²) in [7, 11) is 0. The van der Waals surface area contributed by atoms with E-state index in [9.17, 15) is 4.79 Å². The Bertz CT molecular complexity index is 473. The standard InChI is InChI=1S/C17H26N2O2/c1-12-9-14(11-17(2,3)10-12)21-15(16(20)19-18)13-7-5-4-6-8-13/h4-8,12,14-15H,9-11,18H2,1-3H3,(H,19,20). The molecule has 0 aromatic heterocycles. The van der Waals surface area contributed by atoms with Crippen molar-refractivity contribution >= 4 is 5.91 Å². The summed E-state index contributed by atoms with van der Waals surface area (Å²) in [6.07, 6.45) is 2.61. The summed E-state index contributed by atoms with van der Waals surface area (Å²) in [5.41, 5.74) is 3.32. The van der Waals surface area contributed by atoms with Crippen LogP contribution in [0.15, 0.2) is 30.3 Å². The predicted octanol–water partition coefficient (Wildman–Crippen LogP) is 2.95. The van der Waals surface area contributed by atoms with Gasteiger partial charge in [0.2, 0.25) is 0 Å². The average Bonchev–Trinajstić information content (AvgIpc) is 2.43. The van der Waals surface area contributed by atoms with Crippen LogP contribution in [0.4, 0.5) is 0 Å². The lowest BCUT2D eigenvalue weighted by atomic mass is 9.71. The van der Waals surface area contributed by atoms with Crippen molar-refractivity contribution in [1.29, 1.82) is 0 Å². The van der Waals surface area contributed by atoms with E-state index >= 15 is 0 Å². The van der Waals surface area contributed by atoms with E-state index in [1.807, 2.05) is 30.3 Å². The Hall–Kier alpha value is -1.39. The van der Waals surface area contributed by atoms with Gasteiger partial charge in [0, 0.05) is 0 Å². The van der Waals surface area contributed by atoms with Crippen molar-refractivity contribution in [3.8, 4) is 0 Å². The SMILES string of the molecule is CC1CC(OC(C(=O)NN)c2ccccc2)CC(C)(C)C1. The van der Waals surface area contributed by atoms with E-state index in [0.29, 0.717) is 5.92 Å². The largest absolute Gasteiger partial charge is 0.360 e. The number of nitrogens with two attached hydrogens (primary N) is 1. The molecular weight excluding hydrogens is 264 g/mol. The van der Waals surface area contributed by atoms with Gasteiger partial charge in [-0.3, -0.25) is 10.2 Å². The average molecular weight is 290 g/mol. The fourth-order valence-electron chi connectivity index (χ4n) is 3.55. The second kappa shape index (κ2) is 6.58. The molecule has 1 saturated carbocycles. The summed E-state index contributed by atoms with van der Waals surface area (Å²) >= 11 is 0. The maximum absolute atomic E-state index is 12.1. The van der Waals surface area contributed by atoms with Crippen LogP contribution in [0.3, 0.4) is 0 Å². The number of benzene rings is 1. The summed E-state index contributed by atoms with van der Waals surface area (Å²) in [4.78, 5) is 12.1. The molecule has 3 atom stereocenters. The molecule has 0 aliphatic heterocycles. The number of hydrogen-bond acceptors (Lipinski definition) is 3. The van der Waals surface area contributed by atoms with Crippen molar-refractivity contribution in [2.45, 2.75) is 52.2 Å². The van der Waals surface area contributed by atoms with Crippen LogP contribution < -0.4 is 11.3 Å². The van der Waals surface area contributed by atoms with Crippen LogP contribution in [-0.2, 0) is 9.53 Å². The van der Waals surface area contributed by atoms with E-state index in [2.05, 4.69) is 26.2 Å². The first-order chi connectivity index (χ1) is 9.91. The monoisotopic (exact) mass is 290 g/mol. The number of carbonyl (C=O) groups excluding carboxylic acids is 1. The van der Waals surface area contributed by atoms with E-state index in [1.54, 1.807) is 0 Å². The first-order valence-electron chi connectivity index (χ1n) is 7.62. The van der Waals surface area contributed by atoms with Gasteiger partial charge >= 0.3 is 0 Å². The van der Waals surface area contributed by atoms with E-state index < -0.39 is 6.10 Å². The third-order valence-electron chi connectivity index (χ3n) is 4.16. The van der Waals surface area contributed by atoms with Gasteiger partial charge in [-0.1, -0.05) is 51.1 Å². The van der Waals surface area contributed by atoms with Gasteiger partial charge in [0.1, 0.15) is 0 Å². The second-order valence-electron chi connectivity index (χ2n) is 6.97. The molecular formula is C17H26N2O2. The molecule has 4 heteroatoms. The highest BCUT2D eigenvalue weighted by Gasteiger charge is 2.35. The van der Waals surface area contributed by atoms with E-state index in [1.165, 1.54) is 6.42 Å². The van der Waals surface area contributed by atoms with Crippen LogP contribution in [0, 0.1) is 11.3 Å². The van der Waals surface area contributed by atoms with Crippen molar-refractivity contribution in [3.05, 3.63) is 35.9 Å². The van der Waals surface area contributed by atoms with Gasteiger partial charge in [-0.25, -0.2) is 5.84 Å². The Kier molecular flexibility index (Phi) is 5.01. The zero-order valence-electron chi connectivity index (χ0n) is 13.1. The first kappa shape index (κ1) is 16.0. The smallest absolute Gasteiger partial charge is 0.267 e. The molecule has 116 valence electrons. The van der Waals surface area contributed by atoms with Gasteiger partial charge in [0.05, 0.1) is 6.10 Å². The number of carbonyl (C=O) groups is 1. The predicted molar refractivity (Wildman–Crippen MR) is 83.2 cm³/mol. The molecule has 0 spiro atoms. The summed E-state index contributed by atoms with van der Waals surface area (Å²) in [5.74, 6) is 5.63. The minimum atomic E-state index is -0.637. The van der Waals surface area contributed by atoms with Gasteiger partial charge in [0.25, 0.3) is 5.91 Å². The molecule has 1 aliphatic rings. The lowest BCUT2D eigenvalue weighted by Gasteiger charge is -2.39. The molecule has 2 rings (SSSR count). The lowest BCUT2D eigenvalue weighted by molar-refractivity contribution is -0.142. The number of hydrogen-bond donors (Lipinski definition) is 2. The zero-order chi connectivity index (χ0) is 15.5. The maximum Gasteiger partial charge on any atom is 0.267 e. The molecule has 1 aromatic rings. The molecule has 3 N–H and O–H groups in total. The van der Waals surface area contributed by atoms with Gasteiger partial charge < -0.3 is 4.74 Å². The minimum Gasteiger partial charge on any atom is -0.360 e. The Labute approximate surface area is 127 Å². The third kappa shape index (κ3) is 4.29. The molecule has 4 nitrogen and oxygen atoms in total. The number of rotatable bonds is 4. The number of ether oxygens (including phenoxy) is 1. The lowest BCUT2D eigenvalue weighted by Crippen LogP contribution is -2.40. The van der Waals surface area contributed by atoms with Gasteiger partial charge in [0.15, 0.2) is 6.10 Å². The Morgan fingerprint density at radius 1 is 1.33 bits per heavy atom. The quantitative estimate of drug-likeness (QED) is 0.509. The molecule has 1 aromatic carbocycles. The van der Waals surface area contributed by atoms with Crippen LogP contribution in [0.25, 0.3) is 0 Å². The van der Waals surface area contributed by atoms with Gasteiger partial charge in [-0.05, 0) is 36.2 Å². The first-order valence-corrected chi connectivity index (χ1v) is 7.62. The molecule has 1 fully saturated rings. The zero-order valence-corrected chi connectivity index (χ0v) is 13.1. The molecule has 21 heavy (non-hydrogen) atoms. The Morgan fingerprint density at radius 3 is 2.57 bits per heavy atom. The van der Waals surface area contributed by atoms with Crippen LogP contribution in [-0.4, -0.2) is 12.0 Å². The van der Waals surface area contributed by atoms with Crippen molar-refractivity contribution in [2.24, 2.45) is 17.2 Å². The fourth-order valence-corrected chi connectivity index (χ4v) is 3.55. The molecule has 0 bridgehead atoms. The topological polar surface area (TPSA) is 64.3 Å². The highest BCUT2D eigenvalue weighted by Crippen LogP contribution is 2.41. The highest BCUT2D eigenvalue weighted by atomic mass is 16.5. The van der Waals surface area contributed by atoms with E-state index in [0.717, 1.165) is 18.4 Å². The van der Waals surface area contributed by atoms with Crippen LogP contribution in [0.2, 0.25) is 0 Å². The maximum atomic E-state index is 12.1. The second-order valence-corrected chi connectivity index (χ2v) is 6.97. The highest BCUT2D eigenvalue weighted by molar-refractivity contribution is 5.81. The molecule has 0 heterocycles. The molecule has 0 saturated heterocycles. The van der Waals surface area contributed by atoms with Crippen LogP contribution >= 0.6 is 0 Å². The summed E-state index contributed by atoms with van der Waals surface area (Å²) < 4.78 is 6.14. The number of amides is 1. The summed E-state index contributed by atoms with van der Waals surface area (Å²) in [6, 6.07) is 9.53. The third-order valence-corrected chi connectivity index (χ3v) is 4.16. The summed E-state index contributed by atoms with van der Waals surface area (Å²) in [6.45, 7) is 6.77. The summed E-state index contributed by atoms with van der Waals surface area (Å²) in [5, 5.41) is 0. The molecule has 1 amide bonds. The van der Waals surface area contributed by atoms with Crippen LogP contribution in [0.5, 0.6) is 0 Å². The Morgan fingerprint density at radius 2 is 2.00 bits per heavy atom. The van der Waals surface area contributed by atoms with Crippen LogP contribution in [0.1, 0.15) is 51.7 Å². The van der Waals surface area contributed by atoms with Crippen molar-refractivity contribution in [2.75, 3.05) is 0 Å². The Balaban J connectivity index is 2.14. The van der Waals surface area contributed by atoms with Crippen molar-refractivity contribution < 1.29 is 9.53 Å². The normalized spacial score (nSPS) is 26.1. The minimum absolute atomic E-state index is 0.0891. The molecule has 0 radical (unpaired) electrons. The van der Waals surface area contributed by atoms with E-state index in [4.69, 9.17) is 10.6 Å². The van der Waals surface area contributed by atoms with Gasteiger partial charge in [-0.2, -0.15) is 0 Å². The van der Waals surface area contributed by atoms with Crippen molar-refractivity contribution in [3.63, 3.8) is 0 Å². The molecule has 3 unspecified atom stereocenters. The number of hydrazine groups is 1. The van der Waals surface area contributed by atoms with E-state index in [-0.39, 0.29) is 17.4 Å². The van der Waals surface area contributed by atoms with Gasteiger partial charge in [-0.15, -0.1) is 0 Å².